The standard InChI is InChI=1S/C17H25FN4O2/c1-13(2)19-16(23)11-21-7-9-22(10-8-21)12-17(24)20-15-6-4-3-5-14(15)18/h3-6,13H,7-12H2,1-2H3,(H,19,23)(H,20,24). The largest absolute Gasteiger partial charge is 0.353 e. The van der Waals surface area contributed by atoms with Crippen molar-refractivity contribution in [2.75, 3.05) is 44.6 Å². The zero-order valence-corrected chi connectivity index (χ0v) is 14.2. The van der Waals surface area contributed by atoms with Crippen molar-refractivity contribution < 1.29 is 14.0 Å². The molecule has 0 atom stereocenters. The van der Waals surface area contributed by atoms with E-state index in [4.69, 9.17) is 0 Å². The Morgan fingerprint density at radius 2 is 1.58 bits per heavy atom. The zero-order valence-electron chi connectivity index (χ0n) is 14.2. The molecule has 6 nitrogen and oxygen atoms in total. The minimum atomic E-state index is -0.438. The molecule has 1 aromatic carbocycles. The third-order valence-electron chi connectivity index (χ3n) is 3.80. The number of rotatable bonds is 6. The van der Waals surface area contributed by atoms with E-state index in [1.54, 1.807) is 18.2 Å². The molecule has 0 aliphatic carbocycles. The van der Waals surface area contributed by atoms with Crippen molar-refractivity contribution in [3.63, 3.8) is 0 Å². The number of hydrogen-bond acceptors (Lipinski definition) is 4. The van der Waals surface area contributed by atoms with Crippen molar-refractivity contribution in [3.05, 3.63) is 30.1 Å². The minimum absolute atomic E-state index is 0.0238. The van der Waals surface area contributed by atoms with Crippen LogP contribution in [0.3, 0.4) is 0 Å². The number of nitrogens with one attached hydrogen (secondary N) is 2. The van der Waals surface area contributed by atoms with E-state index in [0.717, 1.165) is 13.1 Å². The van der Waals surface area contributed by atoms with Gasteiger partial charge >= 0.3 is 0 Å². The molecule has 0 bridgehead atoms. The maximum atomic E-state index is 13.5. The van der Waals surface area contributed by atoms with Gasteiger partial charge in [-0.25, -0.2) is 4.39 Å². The lowest BCUT2D eigenvalue weighted by Crippen LogP contribution is -2.51. The van der Waals surface area contributed by atoms with Crippen LogP contribution in [-0.2, 0) is 9.59 Å². The monoisotopic (exact) mass is 336 g/mol. The first-order chi connectivity index (χ1) is 11.4. The highest BCUT2D eigenvalue weighted by atomic mass is 19.1. The topological polar surface area (TPSA) is 64.7 Å². The van der Waals surface area contributed by atoms with E-state index in [2.05, 4.69) is 15.5 Å². The Morgan fingerprint density at radius 1 is 1.04 bits per heavy atom. The summed E-state index contributed by atoms with van der Waals surface area (Å²) in [5, 5.41) is 5.46. The Balaban J connectivity index is 1.72. The van der Waals surface area contributed by atoms with Crippen LogP contribution >= 0.6 is 0 Å². The van der Waals surface area contributed by atoms with E-state index in [1.165, 1.54) is 6.07 Å². The molecule has 1 aromatic rings. The summed E-state index contributed by atoms with van der Waals surface area (Å²) in [6.07, 6.45) is 0. The van der Waals surface area contributed by atoms with E-state index in [9.17, 15) is 14.0 Å². The maximum absolute atomic E-state index is 13.5. The van der Waals surface area contributed by atoms with Crippen molar-refractivity contribution in [2.45, 2.75) is 19.9 Å². The molecule has 0 unspecified atom stereocenters. The second-order valence-corrected chi connectivity index (χ2v) is 6.30. The van der Waals surface area contributed by atoms with E-state index in [1.807, 2.05) is 18.7 Å². The van der Waals surface area contributed by atoms with Gasteiger partial charge < -0.3 is 10.6 Å². The number of benzene rings is 1. The Hall–Kier alpha value is -1.99. The predicted octanol–water partition coefficient (Wildman–Crippen LogP) is 0.906. The van der Waals surface area contributed by atoms with Crippen molar-refractivity contribution >= 4 is 17.5 Å². The molecule has 7 heteroatoms. The van der Waals surface area contributed by atoms with Gasteiger partial charge in [-0.15, -0.1) is 0 Å². The van der Waals surface area contributed by atoms with E-state index >= 15 is 0 Å². The highest BCUT2D eigenvalue weighted by Gasteiger charge is 2.21. The maximum Gasteiger partial charge on any atom is 0.238 e. The van der Waals surface area contributed by atoms with Gasteiger partial charge in [0.25, 0.3) is 0 Å². The highest BCUT2D eigenvalue weighted by Crippen LogP contribution is 2.12. The number of para-hydroxylation sites is 1. The molecular weight excluding hydrogens is 311 g/mol. The van der Waals surface area contributed by atoms with Crippen LogP contribution in [-0.4, -0.2) is 66.9 Å². The number of carbonyl (C=O) groups excluding carboxylic acids is 2. The minimum Gasteiger partial charge on any atom is -0.353 e. The van der Waals surface area contributed by atoms with Crippen LogP contribution in [0, 0.1) is 5.82 Å². The summed E-state index contributed by atoms with van der Waals surface area (Å²) in [5.41, 5.74) is 0.200. The fourth-order valence-electron chi connectivity index (χ4n) is 2.63. The number of anilines is 1. The SMILES string of the molecule is CC(C)NC(=O)CN1CCN(CC(=O)Nc2ccccc2F)CC1. The lowest BCUT2D eigenvalue weighted by Gasteiger charge is -2.33. The van der Waals surface area contributed by atoms with Gasteiger partial charge in [0.05, 0.1) is 18.8 Å². The molecule has 132 valence electrons. The normalized spacial score (nSPS) is 16.2. The van der Waals surface area contributed by atoms with E-state index in [-0.39, 0.29) is 30.1 Å². The van der Waals surface area contributed by atoms with Crippen LogP contribution < -0.4 is 10.6 Å². The van der Waals surface area contributed by atoms with Crippen LogP contribution in [0.4, 0.5) is 10.1 Å². The number of amides is 2. The van der Waals surface area contributed by atoms with Gasteiger partial charge in [0.15, 0.2) is 0 Å². The summed E-state index contributed by atoms with van der Waals surface area (Å²) < 4.78 is 13.5. The number of piperazine rings is 1. The Labute approximate surface area is 142 Å². The first-order valence-electron chi connectivity index (χ1n) is 8.22. The molecule has 24 heavy (non-hydrogen) atoms. The molecule has 1 aliphatic rings. The van der Waals surface area contributed by atoms with Crippen molar-refractivity contribution in [1.82, 2.24) is 15.1 Å². The molecular formula is C17H25FN4O2. The van der Waals surface area contributed by atoms with E-state index in [0.29, 0.717) is 19.6 Å². The molecule has 0 radical (unpaired) electrons. The molecule has 0 spiro atoms. The van der Waals surface area contributed by atoms with Crippen LogP contribution in [0.1, 0.15) is 13.8 Å². The summed E-state index contributed by atoms with van der Waals surface area (Å²) >= 11 is 0. The van der Waals surface area contributed by atoms with Gasteiger partial charge in [-0.2, -0.15) is 0 Å². The van der Waals surface area contributed by atoms with Gasteiger partial charge in [-0.1, -0.05) is 12.1 Å². The smallest absolute Gasteiger partial charge is 0.238 e. The van der Waals surface area contributed by atoms with Crippen LogP contribution in [0.5, 0.6) is 0 Å². The lowest BCUT2D eigenvalue weighted by molar-refractivity contribution is -0.124. The zero-order chi connectivity index (χ0) is 17.5. The van der Waals surface area contributed by atoms with Crippen molar-refractivity contribution in [3.8, 4) is 0 Å². The summed E-state index contributed by atoms with van der Waals surface area (Å²) in [6.45, 7) is 7.36. The number of nitrogens with zero attached hydrogens (tertiary/aromatic N) is 2. The quantitative estimate of drug-likeness (QED) is 0.810. The molecule has 1 saturated heterocycles. The summed E-state index contributed by atoms with van der Waals surface area (Å²) in [4.78, 5) is 27.8. The second kappa shape index (κ2) is 8.75. The second-order valence-electron chi connectivity index (χ2n) is 6.30. The number of hydrogen-bond donors (Lipinski definition) is 2. The van der Waals surface area contributed by atoms with Gasteiger partial charge in [-0.3, -0.25) is 19.4 Å². The van der Waals surface area contributed by atoms with Gasteiger partial charge in [-0.05, 0) is 26.0 Å². The summed E-state index contributed by atoms with van der Waals surface area (Å²) in [7, 11) is 0. The Kier molecular flexibility index (Phi) is 6.69. The molecule has 1 fully saturated rings. The van der Waals surface area contributed by atoms with E-state index < -0.39 is 5.82 Å². The molecule has 1 aliphatic heterocycles. The average molecular weight is 336 g/mol. The summed E-state index contributed by atoms with van der Waals surface area (Å²) in [5.74, 6) is -0.645. The molecule has 0 aromatic heterocycles. The van der Waals surface area contributed by atoms with Crippen LogP contribution in [0.25, 0.3) is 0 Å². The molecule has 0 saturated carbocycles. The molecule has 2 rings (SSSR count). The molecule has 2 N–H and O–H groups in total. The third-order valence-corrected chi connectivity index (χ3v) is 3.80. The summed E-state index contributed by atoms with van der Waals surface area (Å²) in [6, 6.07) is 6.26. The lowest BCUT2D eigenvalue weighted by atomic mass is 10.2. The number of halogens is 1. The van der Waals surface area contributed by atoms with Crippen molar-refractivity contribution in [2.24, 2.45) is 0 Å². The van der Waals surface area contributed by atoms with Gasteiger partial charge in [0.1, 0.15) is 5.82 Å². The van der Waals surface area contributed by atoms with Crippen molar-refractivity contribution in [1.29, 1.82) is 0 Å². The Morgan fingerprint density at radius 3 is 2.12 bits per heavy atom. The van der Waals surface area contributed by atoms with Gasteiger partial charge in [0, 0.05) is 32.2 Å². The fraction of sp³-hybridized carbons (Fsp3) is 0.529. The van der Waals surface area contributed by atoms with Gasteiger partial charge in [0.2, 0.25) is 11.8 Å². The highest BCUT2D eigenvalue weighted by molar-refractivity contribution is 5.92. The van der Waals surface area contributed by atoms with Crippen LogP contribution in [0.15, 0.2) is 24.3 Å². The molecule has 1 heterocycles. The molecule has 2 amide bonds. The fourth-order valence-corrected chi connectivity index (χ4v) is 2.63. The van der Waals surface area contributed by atoms with Crippen LogP contribution in [0.2, 0.25) is 0 Å². The Bertz CT molecular complexity index is 571. The third kappa shape index (κ3) is 5.90. The average Bonchev–Trinajstić information content (AvgIpc) is 2.51. The predicted molar refractivity (Wildman–Crippen MR) is 91.2 cm³/mol. The first kappa shape index (κ1) is 18.4. The number of carbonyl (C=O) groups is 2. The first-order valence-corrected chi connectivity index (χ1v) is 8.22.